The first kappa shape index (κ1) is 13.6. The Bertz CT molecular complexity index is 598. The van der Waals surface area contributed by atoms with Gasteiger partial charge in [0.25, 0.3) is 11.6 Å². The molecule has 21 heavy (non-hydrogen) atoms. The van der Waals surface area contributed by atoms with E-state index in [1.807, 2.05) is 11.9 Å². The van der Waals surface area contributed by atoms with E-state index in [4.69, 9.17) is 4.74 Å². The molecule has 1 fully saturated rings. The van der Waals surface area contributed by atoms with Crippen molar-refractivity contribution in [3.63, 3.8) is 0 Å². The summed E-state index contributed by atoms with van der Waals surface area (Å²) in [6.45, 7) is 1.56. The zero-order chi connectivity index (χ0) is 15.0. The number of amides is 1. The molecule has 1 saturated heterocycles. The predicted molar refractivity (Wildman–Crippen MR) is 76.9 cm³/mol. The topological polar surface area (TPSA) is 96.7 Å². The van der Waals surface area contributed by atoms with Crippen LogP contribution in [0.4, 0.5) is 17.1 Å². The van der Waals surface area contributed by atoms with E-state index in [1.54, 1.807) is 6.07 Å². The Kier molecular flexibility index (Phi) is 3.38. The minimum Gasteiger partial charge on any atom is -0.481 e. The first-order valence-corrected chi connectivity index (χ1v) is 6.75. The van der Waals surface area contributed by atoms with Gasteiger partial charge in [0, 0.05) is 19.6 Å². The maximum atomic E-state index is 11.4. The van der Waals surface area contributed by atoms with Gasteiger partial charge in [-0.25, -0.2) is 0 Å². The highest BCUT2D eigenvalue weighted by Gasteiger charge is 2.29. The van der Waals surface area contributed by atoms with Gasteiger partial charge in [-0.2, -0.15) is 0 Å². The highest BCUT2D eigenvalue weighted by Crippen LogP contribution is 2.40. The second-order valence-corrected chi connectivity index (χ2v) is 5.19. The molecular weight excluding hydrogens is 276 g/mol. The molecule has 1 amide bonds. The number of ether oxygens (including phenoxy) is 1. The number of likely N-dealkylation sites (N-methyl/N-ethyl adjacent to an activating group) is 1. The standard InChI is InChI=1S/C13H16N4O4/c1-16(8-2-3-14-6-8)10-4-9-12(5-11(10)17(19)20)21-7-13(18)15-9/h4-5,8,14H,2-3,6-7H2,1H3,(H,15,18). The highest BCUT2D eigenvalue weighted by molar-refractivity contribution is 5.96. The van der Waals surface area contributed by atoms with E-state index in [2.05, 4.69) is 10.6 Å². The van der Waals surface area contributed by atoms with Crippen LogP contribution in [-0.4, -0.2) is 43.6 Å². The van der Waals surface area contributed by atoms with Crippen molar-refractivity contribution in [2.75, 3.05) is 37.0 Å². The summed E-state index contributed by atoms with van der Waals surface area (Å²) in [6.07, 6.45) is 0.924. The van der Waals surface area contributed by atoms with E-state index in [0.717, 1.165) is 19.5 Å². The molecule has 0 bridgehead atoms. The molecule has 8 heteroatoms. The fourth-order valence-electron chi connectivity index (χ4n) is 2.70. The third-order valence-corrected chi connectivity index (χ3v) is 3.87. The van der Waals surface area contributed by atoms with E-state index in [0.29, 0.717) is 17.1 Å². The Hall–Kier alpha value is -2.35. The van der Waals surface area contributed by atoms with Gasteiger partial charge >= 0.3 is 0 Å². The number of hydrogen-bond donors (Lipinski definition) is 2. The fourth-order valence-corrected chi connectivity index (χ4v) is 2.70. The molecule has 8 nitrogen and oxygen atoms in total. The smallest absolute Gasteiger partial charge is 0.296 e. The Balaban J connectivity index is 2.02. The number of benzene rings is 1. The van der Waals surface area contributed by atoms with Gasteiger partial charge < -0.3 is 20.3 Å². The minimum atomic E-state index is -0.422. The Morgan fingerprint density at radius 2 is 2.29 bits per heavy atom. The summed E-state index contributed by atoms with van der Waals surface area (Å²) < 4.78 is 5.24. The second kappa shape index (κ2) is 5.21. The van der Waals surface area contributed by atoms with Crippen molar-refractivity contribution in [2.45, 2.75) is 12.5 Å². The zero-order valence-corrected chi connectivity index (χ0v) is 11.6. The average Bonchev–Trinajstić information content (AvgIpc) is 2.99. The lowest BCUT2D eigenvalue weighted by atomic mass is 10.1. The lowest BCUT2D eigenvalue weighted by Gasteiger charge is -2.27. The number of nitro benzene ring substituents is 1. The molecule has 1 unspecified atom stereocenters. The highest BCUT2D eigenvalue weighted by atomic mass is 16.6. The molecule has 0 aromatic heterocycles. The molecule has 0 aliphatic carbocycles. The summed E-state index contributed by atoms with van der Waals surface area (Å²) in [5, 5.41) is 17.2. The van der Waals surface area contributed by atoms with Crippen LogP contribution >= 0.6 is 0 Å². The quantitative estimate of drug-likeness (QED) is 0.629. The number of hydrogen-bond acceptors (Lipinski definition) is 6. The third kappa shape index (κ3) is 2.49. The summed E-state index contributed by atoms with van der Waals surface area (Å²) in [5.41, 5.74) is 0.946. The molecule has 2 aliphatic heterocycles. The maximum Gasteiger partial charge on any atom is 0.296 e. The van der Waals surface area contributed by atoms with Gasteiger partial charge in [-0.05, 0) is 19.0 Å². The summed E-state index contributed by atoms with van der Waals surface area (Å²) in [5.74, 6) is 0.0792. The number of rotatable bonds is 3. The van der Waals surface area contributed by atoms with E-state index in [1.165, 1.54) is 6.07 Å². The Morgan fingerprint density at radius 1 is 1.48 bits per heavy atom. The van der Waals surface area contributed by atoms with Gasteiger partial charge in [0.2, 0.25) is 0 Å². The van der Waals surface area contributed by atoms with Gasteiger partial charge in [-0.3, -0.25) is 14.9 Å². The number of nitro groups is 1. The van der Waals surface area contributed by atoms with E-state index in [-0.39, 0.29) is 24.2 Å². The monoisotopic (exact) mass is 292 g/mol. The van der Waals surface area contributed by atoms with Gasteiger partial charge in [-0.1, -0.05) is 0 Å². The van der Waals surface area contributed by atoms with E-state index < -0.39 is 4.92 Å². The van der Waals surface area contributed by atoms with Gasteiger partial charge in [0.05, 0.1) is 16.7 Å². The SMILES string of the molecule is CN(c1cc2c(cc1[N+](=O)[O-])OCC(=O)N2)C1CCNC1. The Morgan fingerprint density at radius 3 is 2.95 bits per heavy atom. The van der Waals surface area contributed by atoms with Crippen molar-refractivity contribution >= 4 is 23.0 Å². The number of nitrogens with one attached hydrogen (secondary N) is 2. The van der Waals surface area contributed by atoms with Crippen LogP contribution in [0.3, 0.4) is 0 Å². The molecule has 2 N–H and O–H groups in total. The maximum absolute atomic E-state index is 11.4. The molecule has 0 saturated carbocycles. The normalized spacial score (nSPS) is 20.4. The molecule has 3 rings (SSSR count). The van der Waals surface area contributed by atoms with Crippen LogP contribution in [0.25, 0.3) is 0 Å². The summed E-state index contributed by atoms with van der Waals surface area (Å²) in [4.78, 5) is 24.2. The van der Waals surface area contributed by atoms with E-state index >= 15 is 0 Å². The van der Waals surface area contributed by atoms with Gasteiger partial charge in [0.15, 0.2) is 12.4 Å². The molecule has 1 atom stereocenters. The summed E-state index contributed by atoms with van der Waals surface area (Å²) >= 11 is 0. The van der Waals surface area contributed by atoms with Crippen LogP contribution in [0.1, 0.15) is 6.42 Å². The van der Waals surface area contributed by atoms with Crippen LogP contribution in [0.5, 0.6) is 5.75 Å². The van der Waals surface area contributed by atoms with Crippen LogP contribution < -0.4 is 20.3 Å². The second-order valence-electron chi connectivity index (χ2n) is 5.19. The first-order valence-electron chi connectivity index (χ1n) is 6.75. The Labute approximate surface area is 121 Å². The number of anilines is 2. The predicted octanol–water partition coefficient (Wildman–Crippen LogP) is 0.724. The fraction of sp³-hybridized carbons (Fsp3) is 0.462. The van der Waals surface area contributed by atoms with Gasteiger partial charge in [0.1, 0.15) is 5.69 Å². The molecule has 1 aromatic carbocycles. The van der Waals surface area contributed by atoms with Crippen LogP contribution in [0, 0.1) is 10.1 Å². The lowest BCUT2D eigenvalue weighted by Crippen LogP contribution is -2.34. The number of carbonyl (C=O) groups is 1. The minimum absolute atomic E-state index is 0.0145. The van der Waals surface area contributed by atoms with Crippen molar-refractivity contribution < 1.29 is 14.5 Å². The van der Waals surface area contributed by atoms with Crippen LogP contribution in [0.15, 0.2) is 12.1 Å². The zero-order valence-electron chi connectivity index (χ0n) is 11.6. The van der Waals surface area contributed by atoms with E-state index in [9.17, 15) is 14.9 Å². The van der Waals surface area contributed by atoms with Crippen LogP contribution in [0.2, 0.25) is 0 Å². The van der Waals surface area contributed by atoms with Crippen LogP contribution in [-0.2, 0) is 4.79 Å². The first-order chi connectivity index (χ1) is 10.1. The summed E-state index contributed by atoms with van der Waals surface area (Å²) in [7, 11) is 1.83. The summed E-state index contributed by atoms with van der Waals surface area (Å²) in [6, 6.07) is 3.19. The molecule has 2 heterocycles. The van der Waals surface area contributed by atoms with Crippen molar-refractivity contribution in [1.82, 2.24) is 5.32 Å². The number of carbonyl (C=O) groups excluding carboxylic acids is 1. The molecule has 112 valence electrons. The number of nitrogens with zero attached hydrogens (tertiary/aromatic N) is 2. The molecular formula is C13H16N4O4. The van der Waals surface area contributed by atoms with Crippen molar-refractivity contribution in [2.24, 2.45) is 0 Å². The van der Waals surface area contributed by atoms with Crippen molar-refractivity contribution in [3.05, 3.63) is 22.2 Å². The third-order valence-electron chi connectivity index (χ3n) is 3.87. The van der Waals surface area contributed by atoms with Crippen molar-refractivity contribution in [3.8, 4) is 5.75 Å². The molecule has 0 radical (unpaired) electrons. The lowest BCUT2D eigenvalue weighted by molar-refractivity contribution is -0.384. The van der Waals surface area contributed by atoms with Crippen molar-refractivity contribution in [1.29, 1.82) is 0 Å². The average molecular weight is 292 g/mol. The molecule has 2 aliphatic rings. The largest absolute Gasteiger partial charge is 0.481 e. The van der Waals surface area contributed by atoms with Gasteiger partial charge in [-0.15, -0.1) is 0 Å². The number of fused-ring (bicyclic) bond motifs is 1. The molecule has 1 aromatic rings. The molecule has 0 spiro atoms.